The quantitative estimate of drug-likeness (QED) is 0.593. The van der Waals surface area contributed by atoms with Crippen LogP contribution in [-0.4, -0.2) is 31.2 Å². The number of methoxy groups -OCH3 is 1. The highest BCUT2D eigenvalue weighted by atomic mass is 16.5. The maximum atomic E-state index is 12.4. The van der Waals surface area contributed by atoms with Crippen molar-refractivity contribution in [2.24, 2.45) is 11.0 Å². The van der Waals surface area contributed by atoms with Crippen molar-refractivity contribution in [1.29, 1.82) is 0 Å². The first-order chi connectivity index (χ1) is 12.5. The topological polar surface area (TPSA) is 79.8 Å². The van der Waals surface area contributed by atoms with Gasteiger partial charge in [0.15, 0.2) is 0 Å². The zero-order valence-electron chi connectivity index (χ0n) is 15.1. The molecule has 0 aliphatic carbocycles. The molecule has 0 heterocycles. The molecule has 0 radical (unpaired) electrons. The van der Waals surface area contributed by atoms with E-state index < -0.39 is 6.04 Å². The van der Waals surface area contributed by atoms with Crippen LogP contribution in [0.5, 0.6) is 5.75 Å². The van der Waals surface area contributed by atoms with Crippen LogP contribution in [0.25, 0.3) is 0 Å². The molecule has 6 heteroatoms. The van der Waals surface area contributed by atoms with Crippen molar-refractivity contribution in [2.45, 2.75) is 19.9 Å². The predicted octanol–water partition coefficient (Wildman–Crippen LogP) is 2.60. The van der Waals surface area contributed by atoms with Crippen LogP contribution in [0, 0.1) is 5.92 Å². The molecule has 2 rings (SSSR count). The Morgan fingerprint density at radius 1 is 1.04 bits per heavy atom. The lowest BCUT2D eigenvalue weighted by molar-refractivity contribution is -0.123. The van der Waals surface area contributed by atoms with Crippen molar-refractivity contribution in [3.63, 3.8) is 0 Å². The molecule has 2 aromatic carbocycles. The highest BCUT2D eigenvalue weighted by Crippen LogP contribution is 2.12. The number of rotatable bonds is 7. The van der Waals surface area contributed by atoms with E-state index in [9.17, 15) is 9.59 Å². The number of carbonyl (C=O) groups is 2. The average molecular weight is 353 g/mol. The van der Waals surface area contributed by atoms with Crippen molar-refractivity contribution < 1.29 is 14.3 Å². The van der Waals surface area contributed by atoms with Gasteiger partial charge in [-0.25, -0.2) is 5.43 Å². The number of nitrogens with one attached hydrogen (secondary N) is 2. The molecule has 1 atom stereocenters. The van der Waals surface area contributed by atoms with Gasteiger partial charge in [-0.3, -0.25) is 9.59 Å². The first kappa shape index (κ1) is 19.2. The lowest BCUT2D eigenvalue weighted by Gasteiger charge is -2.20. The van der Waals surface area contributed by atoms with Gasteiger partial charge in [0.05, 0.1) is 13.3 Å². The SMILES string of the molecule is COc1ccc(C(=O)NC(C(=O)N/N=C/c2ccccc2)C(C)C)cc1. The molecule has 2 N–H and O–H groups in total. The van der Waals surface area contributed by atoms with E-state index in [-0.39, 0.29) is 17.7 Å². The molecule has 0 aliphatic rings. The van der Waals surface area contributed by atoms with Crippen LogP contribution >= 0.6 is 0 Å². The molecule has 2 aromatic rings. The smallest absolute Gasteiger partial charge is 0.262 e. The third-order valence-corrected chi connectivity index (χ3v) is 3.78. The number of hydrogen-bond donors (Lipinski definition) is 2. The highest BCUT2D eigenvalue weighted by Gasteiger charge is 2.24. The minimum Gasteiger partial charge on any atom is -0.497 e. The van der Waals surface area contributed by atoms with Crippen LogP contribution in [0.2, 0.25) is 0 Å². The molecule has 0 spiro atoms. The van der Waals surface area contributed by atoms with Crippen LogP contribution in [0.15, 0.2) is 59.7 Å². The van der Waals surface area contributed by atoms with Gasteiger partial charge in [0.25, 0.3) is 11.8 Å². The molecule has 0 aromatic heterocycles. The Balaban J connectivity index is 1.99. The summed E-state index contributed by atoms with van der Waals surface area (Å²) in [6.45, 7) is 3.72. The molecule has 2 amide bonds. The molecule has 0 saturated carbocycles. The number of ether oxygens (including phenoxy) is 1. The Morgan fingerprint density at radius 2 is 1.69 bits per heavy atom. The van der Waals surface area contributed by atoms with Gasteiger partial charge in [0.2, 0.25) is 0 Å². The fourth-order valence-corrected chi connectivity index (χ4v) is 2.28. The third kappa shape index (κ3) is 5.44. The Bertz CT molecular complexity index is 756. The molecule has 136 valence electrons. The second kappa shape index (κ2) is 9.36. The van der Waals surface area contributed by atoms with E-state index in [0.29, 0.717) is 11.3 Å². The Kier molecular flexibility index (Phi) is 6.91. The van der Waals surface area contributed by atoms with Gasteiger partial charge < -0.3 is 10.1 Å². The number of carbonyl (C=O) groups excluding carboxylic acids is 2. The van der Waals surface area contributed by atoms with Gasteiger partial charge in [-0.15, -0.1) is 0 Å². The minimum atomic E-state index is -0.697. The first-order valence-electron chi connectivity index (χ1n) is 8.34. The van der Waals surface area contributed by atoms with E-state index >= 15 is 0 Å². The second-order valence-corrected chi connectivity index (χ2v) is 6.07. The lowest BCUT2D eigenvalue weighted by atomic mass is 10.0. The van der Waals surface area contributed by atoms with Gasteiger partial charge in [-0.2, -0.15) is 5.10 Å². The van der Waals surface area contributed by atoms with Crippen molar-refractivity contribution in [1.82, 2.24) is 10.7 Å². The van der Waals surface area contributed by atoms with Gasteiger partial charge in [0, 0.05) is 5.56 Å². The van der Waals surface area contributed by atoms with E-state index in [2.05, 4.69) is 15.8 Å². The summed E-state index contributed by atoms with van der Waals surface area (Å²) >= 11 is 0. The van der Waals surface area contributed by atoms with E-state index in [1.807, 2.05) is 44.2 Å². The summed E-state index contributed by atoms with van der Waals surface area (Å²) in [7, 11) is 1.56. The zero-order valence-corrected chi connectivity index (χ0v) is 15.1. The number of benzene rings is 2. The van der Waals surface area contributed by atoms with Crippen LogP contribution in [0.4, 0.5) is 0 Å². The number of hydrazone groups is 1. The normalized spacial score (nSPS) is 12.0. The molecule has 6 nitrogen and oxygen atoms in total. The molecular formula is C20H23N3O3. The fourth-order valence-electron chi connectivity index (χ4n) is 2.28. The summed E-state index contributed by atoms with van der Waals surface area (Å²) < 4.78 is 5.08. The average Bonchev–Trinajstić information content (AvgIpc) is 2.66. The molecule has 26 heavy (non-hydrogen) atoms. The van der Waals surface area contributed by atoms with Gasteiger partial charge in [-0.1, -0.05) is 44.2 Å². The maximum absolute atomic E-state index is 12.4. The molecular weight excluding hydrogens is 330 g/mol. The Morgan fingerprint density at radius 3 is 2.27 bits per heavy atom. The molecule has 1 unspecified atom stereocenters. The third-order valence-electron chi connectivity index (χ3n) is 3.78. The maximum Gasteiger partial charge on any atom is 0.262 e. The monoisotopic (exact) mass is 353 g/mol. The molecule has 0 saturated heterocycles. The number of nitrogens with zero attached hydrogens (tertiary/aromatic N) is 1. The summed E-state index contributed by atoms with van der Waals surface area (Å²) in [6.07, 6.45) is 1.56. The fraction of sp³-hybridized carbons (Fsp3) is 0.250. The number of hydrogen-bond acceptors (Lipinski definition) is 4. The van der Waals surface area contributed by atoms with Crippen LogP contribution < -0.4 is 15.5 Å². The second-order valence-electron chi connectivity index (χ2n) is 6.07. The van der Waals surface area contributed by atoms with Crippen molar-refractivity contribution >= 4 is 18.0 Å². The first-order valence-corrected chi connectivity index (χ1v) is 8.34. The summed E-state index contributed by atoms with van der Waals surface area (Å²) in [5.74, 6) is -0.123. The van der Waals surface area contributed by atoms with Gasteiger partial charge in [-0.05, 0) is 35.7 Å². The van der Waals surface area contributed by atoms with E-state index in [0.717, 1.165) is 5.56 Å². The van der Waals surface area contributed by atoms with Gasteiger partial charge >= 0.3 is 0 Å². The summed E-state index contributed by atoms with van der Waals surface area (Å²) in [5, 5.41) is 6.71. The van der Waals surface area contributed by atoms with Crippen molar-refractivity contribution in [3.8, 4) is 5.75 Å². The summed E-state index contributed by atoms with van der Waals surface area (Å²) in [6, 6.07) is 15.4. The lowest BCUT2D eigenvalue weighted by Crippen LogP contribution is -2.48. The van der Waals surface area contributed by atoms with E-state index in [1.165, 1.54) is 0 Å². The van der Waals surface area contributed by atoms with E-state index in [1.54, 1.807) is 37.6 Å². The Labute approximate surface area is 153 Å². The van der Waals surface area contributed by atoms with Crippen LogP contribution in [-0.2, 0) is 4.79 Å². The summed E-state index contributed by atoms with van der Waals surface area (Å²) in [5.41, 5.74) is 3.81. The highest BCUT2D eigenvalue weighted by molar-refractivity contribution is 5.97. The largest absolute Gasteiger partial charge is 0.497 e. The number of amides is 2. The minimum absolute atomic E-state index is 0.0934. The van der Waals surface area contributed by atoms with Crippen LogP contribution in [0.1, 0.15) is 29.8 Å². The zero-order chi connectivity index (χ0) is 18.9. The van der Waals surface area contributed by atoms with Crippen LogP contribution in [0.3, 0.4) is 0 Å². The molecule has 0 bridgehead atoms. The van der Waals surface area contributed by atoms with Gasteiger partial charge in [0.1, 0.15) is 11.8 Å². The summed E-state index contributed by atoms with van der Waals surface area (Å²) in [4.78, 5) is 24.8. The molecule has 0 aliphatic heterocycles. The standard InChI is InChI=1S/C20H23N3O3/c1-14(2)18(20(25)23-21-13-15-7-5-4-6-8-15)22-19(24)16-9-11-17(26-3)12-10-16/h4-14,18H,1-3H3,(H,22,24)(H,23,25)/b21-13+. The predicted molar refractivity (Wildman–Crippen MR) is 101 cm³/mol. The Hall–Kier alpha value is -3.15. The molecule has 0 fully saturated rings. The van der Waals surface area contributed by atoms with E-state index in [4.69, 9.17) is 4.74 Å². The van der Waals surface area contributed by atoms with Crippen molar-refractivity contribution in [3.05, 3.63) is 65.7 Å². The van der Waals surface area contributed by atoms with Crippen molar-refractivity contribution in [2.75, 3.05) is 7.11 Å².